The molecule has 1 heterocycles. The molecule has 0 aliphatic carbocycles. The molecule has 5 nitrogen and oxygen atoms in total. The van der Waals surface area contributed by atoms with Crippen LogP contribution in [0.2, 0.25) is 0 Å². The number of amides is 1. The molecule has 2 aromatic rings. The number of hydrogen-bond donors (Lipinski definition) is 2. The lowest BCUT2D eigenvalue weighted by atomic mass is 10.1. The molecule has 0 aliphatic rings. The zero-order valence-electron chi connectivity index (χ0n) is 9.37. The van der Waals surface area contributed by atoms with Gasteiger partial charge in [0.15, 0.2) is 12.0 Å². The molecule has 5 heteroatoms. The highest BCUT2D eigenvalue weighted by Crippen LogP contribution is 2.04. The van der Waals surface area contributed by atoms with Crippen LogP contribution in [0.1, 0.15) is 20.9 Å². The molecule has 0 bridgehead atoms. The molecule has 1 atom stereocenters. The van der Waals surface area contributed by atoms with Crippen LogP contribution in [-0.2, 0) is 0 Å². The molecule has 2 rings (SSSR count). The third-order valence-electron chi connectivity index (χ3n) is 2.32. The maximum Gasteiger partial charge on any atom is 0.289 e. The number of aliphatic hydroxyl groups is 1. The number of aliphatic hydroxyl groups excluding tert-OH is 1. The zero-order chi connectivity index (χ0) is 13.0. The summed E-state index contributed by atoms with van der Waals surface area (Å²) in [7, 11) is 0. The normalized spacial score (nSPS) is 11.8. The van der Waals surface area contributed by atoms with Crippen molar-refractivity contribution in [1.29, 1.82) is 0 Å². The van der Waals surface area contributed by atoms with Gasteiger partial charge in [0.25, 0.3) is 5.91 Å². The van der Waals surface area contributed by atoms with Gasteiger partial charge in [0.2, 0.25) is 5.78 Å². The Balaban J connectivity index is 2.02. The molecular weight excluding hydrogens is 234 g/mol. The van der Waals surface area contributed by atoms with Gasteiger partial charge in [-0.05, 0) is 12.1 Å². The molecule has 92 valence electrons. The van der Waals surface area contributed by atoms with Gasteiger partial charge in [0.05, 0.1) is 6.26 Å². The summed E-state index contributed by atoms with van der Waals surface area (Å²) in [5, 5.41) is 11.8. The number of furan rings is 1. The largest absolute Gasteiger partial charge is 0.459 e. The van der Waals surface area contributed by atoms with E-state index < -0.39 is 17.9 Å². The summed E-state index contributed by atoms with van der Waals surface area (Å²) in [6, 6.07) is 11.2. The van der Waals surface area contributed by atoms with Crippen LogP contribution < -0.4 is 5.32 Å². The third kappa shape index (κ3) is 2.64. The maximum absolute atomic E-state index is 11.8. The summed E-state index contributed by atoms with van der Waals surface area (Å²) in [5.74, 6) is -1.18. The van der Waals surface area contributed by atoms with Crippen molar-refractivity contribution in [2.24, 2.45) is 0 Å². The highest BCUT2D eigenvalue weighted by molar-refractivity contribution is 6.02. The van der Waals surface area contributed by atoms with Gasteiger partial charge in [-0.3, -0.25) is 9.59 Å². The van der Waals surface area contributed by atoms with Gasteiger partial charge in [-0.2, -0.15) is 0 Å². The van der Waals surface area contributed by atoms with Crippen LogP contribution in [0.5, 0.6) is 0 Å². The van der Waals surface area contributed by atoms with Crippen LogP contribution >= 0.6 is 0 Å². The maximum atomic E-state index is 11.8. The second-order valence-electron chi connectivity index (χ2n) is 3.58. The van der Waals surface area contributed by atoms with Crippen molar-refractivity contribution in [1.82, 2.24) is 5.32 Å². The minimum absolute atomic E-state index is 0.0370. The SMILES string of the molecule is O=C(N[C@@H](O)C(=O)c1ccccc1)c1ccco1. The Kier molecular flexibility index (Phi) is 3.54. The van der Waals surface area contributed by atoms with E-state index in [1.165, 1.54) is 12.3 Å². The van der Waals surface area contributed by atoms with E-state index in [1.54, 1.807) is 36.4 Å². The van der Waals surface area contributed by atoms with E-state index in [9.17, 15) is 14.7 Å². The van der Waals surface area contributed by atoms with Crippen molar-refractivity contribution in [2.75, 3.05) is 0 Å². The summed E-state index contributed by atoms with van der Waals surface area (Å²) >= 11 is 0. The summed E-state index contributed by atoms with van der Waals surface area (Å²) in [5.41, 5.74) is 0.324. The van der Waals surface area contributed by atoms with Crippen molar-refractivity contribution in [3.63, 3.8) is 0 Å². The van der Waals surface area contributed by atoms with E-state index in [1.807, 2.05) is 0 Å². The number of benzene rings is 1. The molecular formula is C13H11NO4. The van der Waals surface area contributed by atoms with Gasteiger partial charge in [-0.1, -0.05) is 30.3 Å². The van der Waals surface area contributed by atoms with Crippen LogP contribution in [0.25, 0.3) is 0 Å². The van der Waals surface area contributed by atoms with Crippen LogP contribution in [0, 0.1) is 0 Å². The van der Waals surface area contributed by atoms with Crippen LogP contribution in [-0.4, -0.2) is 23.0 Å². The molecule has 0 radical (unpaired) electrons. The zero-order valence-corrected chi connectivity index (χ0v) is 9.37. The lowest BCUT2D eigenvalue weighted by Crippen LogP contribution is -2.40. The van der Waals surface area contributed by atoms with Crippen LogP contribution in [0.3, 0.4) is 0 Å². The monoisotopic (exact) mass is 245 g/mol. The average molecular weight is 245 g/mol. The number of carbonyl (C=O) groups excluding carboxylic acids is 2. The Labute approximate surface area is 103 Å². The summed E-state index contributed by atoms with van der Waals surface area (Å²) in [6.45, 7) is 0. The average Bonchev–Trinajstić information content (AvgIpc) is 2.92. The first-order chi connectivity index (χ1) is 8.68. The predicted molar refractivity (Wildman–Crippen MR) is 63.0 cm³/mol. The minimum Gasteiger partial charge on any atom is -0.459 e. The number of ketones is 1. The number of hydrogen-bond acceptors (Lipinski definition) is 4. The summed E-state index contributed by atoms with van der Waals surface area (Å²) in [4.78, 5) is 23.3. The molecule has 0 saturated carbocycles. The number of nitrogens with one attached hydrogen (secondary N) is 1. The smallest absolute Gasteiger partial charge is 0.289 e. The molecule has 2 N–H and O–H groups in total. The van der Waals surface area contributed by atoms with Gasteiger partial charge >= 0.3 is 0 Å². The Morgan fingerprint density at radius 3 is 2.44 bits per heavy atom. The van der Waals surface area contributed by atoms with E-state index in [4.69, 9.17) is 4.42 Å². The van der Waals surface area contributed by atoms with Crippen molar-refractivity contribution < 1.29 is 19.1 Å². The van der Waals surface area contributed by atoms with Crippen LogP contribution in [0.15, 0.2) is 53.1 Å². The minimum atomic E-state index is -1.59. The lowest BCUT2D eigenvalue weighted by molar-refractivity contribution is 0.0597. The molecule has 0 spiro atoms. The van der Waals surface area contributed by atoms with E-state index in [0.717, 1.165) is 0 Å². The first-order valence-corrected chi connectivity index (χ1v) is 5.30. The molecule has 0 aliphatic heterocycles. The van der Waals surface area contributed by atoms with E-state index >= 15 is 0 Å². The fraction of sp³-hybridized carbons (Fsp3) is 0.0769. The first-order valence-electron chi connectivity index (χ1n) is 5.30. The third-order valence-corrected chi connectivity index (χ3v) is 2.32. The molecule has 0 saturated heterocycles. The molecule has 1 amide bonds. The quantitative estimate of drug-likeness (QED) is 0.626. The Hall–Kier alpha value is -2.40. The second-order valence-corrected chi connectivity index (χ2v) is 3.58. The molecule has 1 aromatic carbocycles. The first kappa shape index (κ1) is 12.1. The Bertz CT molecular complexity index is 533. The van der Waals surface area contributed by atoms with Gasteiger partial charge in [0.1, 0.15) is 0 Å². The molecule has 0 unspecified atom stereocenters. The van der Waals surface area contributed by atoms with Gasteiger partial charge in [-0.25, -0.2) is 0 Å². The topological polar surface area (TPSA) is 79.5 Å². The van der Waals surface area contributed by atoms with Gasteiger partial charge in [-0.15, -0.1) is 0 Å². The second kappa shape index (κ2) is 5.29. The fourth-order valence-electron chi connectivity index (χ4n) is 1.43. The van der Waals surface area contributed by atoms with Crippen molar-refractivity contribution in [3.05, 3.63) is 60.1 Å². The summed E-state index contributed by atoms with van der Waals surface area (Å²) in [6.07, 6.45) is -0.259. The van der Waals surface area contributed by atoms with E-state index in [0.29, 0.717) is 5.56 Å². The molecule has 0 fully saturated rings. The van der Waals surface area contributed by atoms with Crippen molar-refractivity contribution in [3.8, 4) is 0 Å². The van der Waals surface area contributed by atoms with E-state index in [2.05, 4.69) is 5.32 Å². The van der Waals surface area contributed by atoms with E-state index in [-0.39, 0.29) is 5.76 Å². The number of Topliss-reactive ketones (excluding diaryl/α,β-unsaturated/α-hetero) is 1. The summed E-state index contributed by atoms with van der Waals surface area (Å²) < 4.78 is 4.85. The Morgan fingerprint density at radius 1 is 1.11 bits per heavy atom. The number of rotatable bonds is 4. The standard InChI is InChI=1S/C13H11NO4/c15-11(9-5-2-1-3-6-9)13(17)14-12(16)10-7-4-8-18-10/h1-8,13,17H,(H,14,16)/t13-/m0/s1. The van der Waals surface area contributed by atoms with Gasteiger partial charge < -0.3 is 14.8 Å². The molecule has 18 heavy (non-hydrogen) atoms. The predicted octanol–water partition coefficient (Wildman–Crippen LogP) is 1.21. The van der Waals surface area contributed by atoms with Crippen LogP contribution in [0.4, 0.5) is 0 Å². The Morgan fingerprint density at radius 2 is 1.83 bits per heavy atom. The highest BCUT2D eigenvalue weighted by Gasteiger charge is 2.20. The lowest BCUT2D eigenvalue weighted by Gasteiger charge is -2.10. The molecule has 1 aromatic heterocycles. The van der Waals surface area contributed by atoms with Crippen molar-refractivity contribution in [2.45, 2.75) is 6.23 Å². The number of carbonyl (C=O) groups is 2. The van der Waals surface area contributed by atoms with Crippen molar-refractivity contribution >= 4 is 11.7 Å². The highest BCUT2D eigenvalue weighted by atomic mass is 16.3. The van der Waals surface area contributed by atoms with Gasteiger partial charge in [0, 0.05) is 5.56 Å². The fourth-order valence-corrected chi connectivity index (χ4v) is 1.43.